The first-order valence-corrected chi connectivity index (χ1v) is 4.89. The Labute approximate surface area is 83.5 Å². The summed E-state index contributed by atoms with van der Waals surface area (Å²) in [6.07, 6.45) is 3.89. The summed E-state index contributed by atoms with van der Waals surface area (Å²) in [5.74, 6) is 1.01. The molecular formula is C9H15N3S. The third kappa shape index (κ3) is 2.06. The lowest BCUT2D eigenvalue weighted by molar-refractivity contribution is 0.606. The number of nitrogens with zero attached hydrogens (tertiary/aromatic N) is 2. The normalized spacial score (nSPS) is 12.8. The number of nitrogens with one attached hydrogen (secondary N) is 1. The Kier molecular flexibility index (Phi) is 3.42. The number of rotatable bonds is 4. The van der Waals surface area contributed by atoms with Gasteiger partial charge >= 0.3 is 0 Å². The van der Waals surface area contributed by atoms with E-state index in [9.17, 15) is 0 Å². The maximum atomic E-state index is 5.13. The molecule has 1 aromatic rings. The Morgan fingerprint density at radius 1 is 1.77 bits per heavy atom. The van der Waals surface area contributed by atoms with Crippen LogP contribution in [0, 0.1) is 4.77 Å². The molecule has 0 bridgehead atoms. The molecule has 0 aliphatic rings. The second-order valence-electron chi connectivity index (χ2n) is 3.04. The Bertz CT molecular complexity index is 337. The summed E-state index contributed by atoms with van der Waals surface area (Å²) in [7, 11) is 0. The van der Waals surface area contributed by atoms with Crippen LogP contribution in [0.25, 0.3) is 0 Å². The van der Waals surface area contributed by atoms with E-state index in [4.69, 9.17) is 12.2 Å². The number of aromatic nitrogens is 3. The fraction of sp³-hybridized carbons (Fsp3) is 0.556. The predicted octanol–water partition coefficient (Wildman–Crippen LogP) is 2.64. The molecule has 0 aliphatic carbocycles. The summed E-state index contributed by atoms with van der Waals surface area (Å²) in [5.41, 5.74) is 0. The zero-order valence-corrected chi connectivity index (χ0v) is 8.90. The van der Waals surface area contributed by atoms with E-state index in [-0.39, 0.29) is 6.04 Å². The fourth-order valence-electron chi connectivity index (χ4n) is 1.26. The molecule has 1 N–H and O–H groups in total. The van der Waals surface area contributed by atoms with E-state index in [0.29, 0.717) is 4.77 Å². The van der Waals surface area contributed by atoms with Crippen molar-refractivity contribution in [3.8, 4) is 0 Å². The van der Waals surface area contributed by atoms with Gasteiger partial charge in [-0.3, -0.25) is 9.67 Å². The van der Waals surface area contributed by atoms with E-state index < -0.39 is 0 Å². The molecule has 0 fully saturated rings. The molecule has 0 saturated heterocycles. The van der Waals surface area contributed by atoms with Gasteiger partial charge in [0.2, 0.25) is 0 Å². The van der Waals surface area contributed by atoms with E-state index in [1.807, 2.05) is 10.6 Å². The first kappa shape index (κ1) is 10.2. The van der Waals surface area contributed by atoms with Crippen molar-refractivity contribution in [3.63, 3.8) is 0 Å². The van der Waals surface area contributed by atoms with Crippen LogP contribution in [0.5, 0.6) is 0 Å². The van der Waals surface area contributed by atoms with Crippen molar-refractivity contribution in [1.29, 1.82) is 0 Å². The van der Waals surface area contributed by atoms with Crippen molar-refractivity contribution < 1.29 is 0 Å². The average molecular weight is 197 g/mol. The van der Waals surface area contributed by atoms with Gasteiger partial charge in [0.25, 0.3) is 0 Å². The molecule has 0 amide bonds. The summed E-state index contributed by atoms with van der Waals surface area (Å²) in [6.45, 7) is 7.93. The quantitative estimate of drug-likeness (QED) is 0.594. The van der Waals surface area contributed by atoms with Crippen LogP contribution >= 0.6 is 12.2 Å². The standard InChI is InChI=1S/C9H15N3S/c1-4-6-8-10-11-9(13)12(8)7(3)5-2/h5,7H,2,4,6H2,1,3H3,(H,11,13). The topological polar surface area (TPSA) is 33.6 Å². The number of aromatic amines is 1. The highest BCUT2D eigenvalue weighted by molar-refractivity contribution is 7.71. The van der Waals surface area contributed by atoms with E-state index >= 15 is 0 Å². The second-order valence-corrected chi connectivity index (χ2v) is 3.43. The number of H-pyrrole nitrogens is 1. The molecular weight excluding hydrogens is 182 g/mol. The second kappa shape index (κ2) is 4.37. The molecule has 0 radical (unpaired) electrons. The fourth-order valence-corrected chi connectivity index (χ4v) is 1.58. The Morgan fingerprint density at radius 3 is 3.00 bits per heavy atom. The van der Waals surface area contributed by atoms with Crippen LogP contribution in [0.15, 0.2) is 12.7 Å². The van der Waals surface area contributed by atoms with Crippen LogP contribution in [0.4, 0.5) is 0 Å². The summed E-state index contributed by atoms with van der Waals surface area (Å²) >= 11 is 5.13. The van der Waals surface area contributed by atoms with Gasteiger partial charge in [0.1, 0.15) is 5.82 Å². The van der Waals surface area contributed by atoms with E-state index in [1.54, 1.807) is 0 Å². The number of aryl methyl sites for hydroxylation is 1. The lowest BCUT2D eigenvalue weighted by atomic mass is 10.3. The van der Waals surface area contributed by atoms with Crippen molar-refractivity contribution in [2.24, 2.45) is 0 Å². The zero-order valence-electron chi connectivity index (χ0n) is 8.08. The molecule has 0 spiro atoms. The van der Waals surface area contributed by atoms with Gasteiger partial charge in [0.15, 0.2) is 4.77 Å². The number of allylic oxidation sites excluding steroid dienone is 1. The smallest absolute Gasteiger partial charge is 0.195 e. The Hall–Kier alpha value is -0.900. The maximum Gasteiger partial charge on any atom is 0.195 e. The Morgan fingerprint density at radius 2 is 2.46 bits per heavy atom. The van der Waals surface area contributed by atoms with Crippen molar-refractivity contribution in [1.82, 2.24) is 14.8 Å². The highest BCUT2D eigenvalue weighted by Gasteiger charge is 2.08. The summed E-state index contributed by atoms with van der Waals surface area (Å²) in [6, 6.07) is 0.216. The van der Waals surface area contributed by atoms with Gasteiger partial charge in [-0.2, -0.15) is 5.10 Å². The van der Waals surface area contributed by atoms with E-state index in [0.717, 1.165) is 18.7 Å². The van der Waals surface area contributed by atoms with Gasteiger partial charge in [0.05, 0.1) is 6.04 Å². The number of hydrogen-bond donors (Lipinski definition) is 1. The van der Waals surface area contributed by atoms with Crippen LogP contribution in [0.3, 0.4) is 0 Å². The first-order valence-electron chi connectivity index (χ1n) is 4.49. The molecule has 1 atom stereocenters. The largest absolute Gasteiger partial charge is 0.297 e. The lowest BCUT2D eigenvalue weighted by Crippen LogP contribution is -2.07. The van der Waals surface area contributed by atoms with Gasteiger partial charge in [-0.25, -0.2) is 0 Å². The van der Waals surface area contributed by atoms with Gasteiger partial charge in [0, 0.05) is 6.42 Å². The van der Waals surface area contributed by atoms with Crippen LogP contribution in [0.2, 0.25) is 0 Å². The molecule has 1 heterocycles. The molecule has 1 rings (SSSR count). The van der Waals surface area contributed by atoms with Crippen LogP contribution in [-0.2, 0) is 6.42 Å². The highest BCUT2D eigenvalue weighted by Crippen LogP contribution is 2.11. The molecule has 13 heavy (non-hydrogen) atoms. The molecule has 4 heteroatoms. The maximum absolute atomic E-state index is 5.13. The van der Waals surface area contributed by atoms with Gasteiger partial charge < -0.3 is 0 Å². The van der Waals surface area contributed by atoms with Gasteiger partial charge in [-0.1, -0.05) is 13.0 Å². The SMILES string of the molecule is C=CC(C)n1c(CCC)n[nH]c1=S. The zero-order chi connectivity index (χ0) is 9.84. The molecule has 72 valence electrons. The molecule has 0 aromatic carbocycles. The predicted molar refractivity (Wildman–Crippen MR) is 56.3 cm³/mol. The van der Waals surface area contributed by atoms with Gasteiger partial charge in [-0.05, 0) is 25.6 Å². The summed E-state index contributed by atoms with van der Waals surface area (Å²) in [4.78, 5) is 0. The molecule has 1 aromatic heterocycles. The van der Waals surface area contributed by atoms with E-state index in [2.05, 4.69) is 30.6 Å². The van der Waals surface area contributed by atoms with Gasteiger partial charge in [-0.15, -0.1) is 6.58 Å². The minimum Gasteiger partial charge on any atom is -0.297 e. The average Bonchev–Trinajstić information content (AvgIpc) is 2.47. The molecule has 0 aliphatic heterocycles. The third-order valence-electron chi connectivity index (χ3n) is 2.00. The number of hydrogen-bond acceptors (Lipinski definition) is 2. The molecule has 1 unspecified atom stereocenters. The Balaban J connectivity index is 3.07. The summed E-state index contributed by atoms with van der Waals surface area (Å²) < 4.78 is 2.68. The van der Waals surface area contributed by atoms with Crippen LogP contribution in [0.1, 0.15) is 32.1 Å². The monoisotopic (exact) mass is 197 g/mol. The van der Waals surface area contributed by atoms with Crippen molar-refractivity contribution >= 4 is 12.2 Å². The summed E-state index contributed by atoms with van der Waals surface area (Å²) in [5, 5.41) is 6.98. The van der Waals surface area contributed by atoms with Crippen LogP contribution in [-0.4, -0.2) is 14.8 Å². The minimum absolute atomic E-state index is 0.216. The van der Waals surface area contributed by atoms with Crippen LogP contribution < -0.4 is 0 Å². The third-order valence-corrected chi connectivity index (χ3v) is 2.29. The minimum atomic E-state index is 0.216. The van der Waals surface area contributed by atoms with Crippen molar-refractivity contribution in [2.45, 2.75) is 32.7 Å². The highest BCUT2D eigenvalue weighted by atomic mass is 32.1. The van der Waals surface area contributed by atoms with E-state index in [1.165, 1.54) is 0 Å². The van der Waals surface area contributed by atoms with Crippen molar-refractivity contribution in [2.75, 3.05) is 0 Å². The molecule has 0 saturated carbocycles. The first-order chi connectivity index (χ1) is 6.20. The van der Waals surface area contributed by atoms with Crippen molar-refractivity contribution in [3.05, 3.63) is 23.3 Å². The lowest BCUT2D eigenvalue weighted by Gasteiger charge is -2.09. The molecule has 3 nitrogen and oxygen atoms in total.